The first-order valence-electron chi connectivity index (χ1n) is 6.03. The minimum atomic E-state index is -3.72. The Morgan fingerprint density at radius 3 is 2.45 bits per heavy atom. The quantitative estimate of drug-likeness (QED) is 0.876. The molecular weight excluding hydrogens is 285 g/mol. The Kier molecular flexibility index (Phi) is 4.75. The Bertz CT molecular complexity index is 605. The molecule has 0 unspecified atom stereocenters. The lowest BCUT2D eigenvalue weighted by Crippen LogP contribution is -2.22. The molecule has 0 aliphatic rings. The minimum Gasteiger partial charge on any atom is -0.478 e. The summed E-state index contributed by atoms with van der Waals surface area (Å²) in [6.07, 6.45) is 0.403. The van der Waals surface area contributed by atoms with Crippen LogP contribution in [0.25, 0.3) is 0 Å². The van der Waals surface area contributed by atoms with Crippen molar-refractivity contribution in [2.45, 2.75) is 27.2 Å². The number of carboxylic acids is 1. The Morgan fingerprint density at radius 1 is 1.35 bits per heavy atom. The molecule has 0 bridgehead atoms. The standard InChI is InChI=1S/C13H18FNO4S/c1-13(2,3)6-7-20(18,19)15-11-8-9(14)4-5-10(11)12(16)17/h4-5,8,15H,6-7H2,1-3H3,(H,16,17). The number of aromatic carboxylic acids is 1. The maximum atomic E-state index is 13.1. The molecule has 7 heteroatoms. The zero-order valence-corrected chi connectivity index (χ0v) is 12.4. The van der Waals surface area contributed by atoms with Crippen LogP contribution in [0.1, 0.15) is 37.6 Å². The first-order chi connectivity index (χ1) is 9.00. The van der Waals surface area contributed by atoms with Gasteiger partial charge >= 0.3 is 5.97 Å². The van der Waals surface area contributed by atoms with Crippen LogP contribution in [-0.2, 0) is 10.0 Å². The summed E-state index contributed by atoms with van der Waals surface area (Å²) in [5.41, 5.74) is -0.719. The predicted octanol–water partition coefficient (Wildman–Crippen LogP) is 2.70. The first-order valence-corrected chi connectivity index (χ1v) is 7.69. The highest BCUT2D eigenvalue weighted by Gasteiger charge is 2.20. The maximum Gasteiger partial charge on any atom is 0.337 e. The number of anilines is 1. The van der Waals surface area contributed by atoms with Gasteiger partial charge in [-0.05, 0) is 30.0 Å². The minimum absolute atomic E-state index is 0.161. The highest BCUT2D eigenvalue weighted by molar-refractivity contribution is 7.92. The van der Waals surface area contributed by atoms with Crippen LogP contribution in [0.2, 0.25) is 0 Å². The molecule has 0 atom stereocenters. The second-order valence-corrected chi connectivity index (χ2v) is 7.57. The fraction of sp³-hybridized carbons (Fsp3) is 0.462. The molecule has 0 aromatic heterocycles. The Hall–Kier alpha value is -1.63. The van der Waals surface area contributed by atoms with Gasteiger partial charge in [0.05, 0.1) is 17.0 Å². The zero-order valence-electron chi connectivity index (χ0n) is 11.6. The number of carboxylic acid groups (broad SMARTS) is 1. The molecule has 20 heavy (non-hydrogen) atoms. The molecule has 5 nitrogen and oxygen atoms in total. The van der Waals surface area contributed by atoms with Crippen molar-refractivity contribution in [3.63, 3.8) is 0 Å². The molecule has 0 radical (unpaired) electrons. The van der Waals surface area contributed by atoms with Gasteiger partial charge in [-0.1, -0.05) is 20.8 Å². The lowest BCUT2D eigenvalue weighted by Gasteiger charge is -2.18. The van der Waals surface area contributed by atoms with Gasteiger partial charge in [0, 0.05) is 0 Å². The molecule has 0 aliphatic heterocycles. The van der Waals surface area contributed by atoms with Gasteiger partial charge in [-0.25, -0.2) is 17.6 Å². The highest BCUT2D eigenvalue weighted by atomic mass is 32.2. The van der Waals surface area contributed by atoms with Gasteiger partial charge in [-0.15, -0.1) is 0 Å². The van der Waals surface area contributed by atoms with E-state index >= 15 is 0 Å². The van der Waals surface area contributed by atoms with E-state index in [2.05, 4.69) is 4.72 Å². The second-order valence-electron chi connectivity index (χ2n) is 5.73. The molecule has 2 N–H and O–H groups in total. The van der Waals surface area contributed by atoms with Crippen molar-refractivity contribution in [2.75, 3.05) is 10.5 Å². The van der Waals surface area contributed by atoms with Crippen LogP contribution in [0.5, 0.6) is 0 Å². The van der Waals surface area contributed by atoms with Gasteiger partial charge in [-0.3, -0.25) is 4.72 Å². The number of halogens is 1. The number of hydrogen-bond donors (Lipinski definition) is 2. The summed E-state index contributed by atoms with van der Waals surface area (Å²) in [7, 11) is -3.72. The maximum absolute atomic E-state index is 13.1. The molecule has 1 aromatic rings. The van der Waals surface area contributed by atoms with Crippen molar-refractivity contribution in [1.82, 2.24) is 0 Å². The number of benzene rings is 1. The smallest absolute Gasteiger partial charge is 0.337 e. The average molecular weight is 303 g/mol. The van der Waals surface area contributed by atoms with Gasteiger partial charge < -0.3 is 5.11 Å². The van der Waals surface area contributed by atoms with E-state index in [0.717, 1.165) is 18.2 Å². The van der Waals surface area contributed by atoms with Crippen molar-refractivity contribution in [1.29, 1.82) is 0 Å². The fourth-order valence-corrected chi connectivity index (χ4v) is 2.93. The lowest BCUT2D eigenvalue weighted by atomic mass is 9.94. The first kappa shape index (κ1) is 16.4. The summed E-state index contributed by atoms with van der Waals surface area (Å²) in [5, 5.41) is 8.96. The summed E-state index contributed by atoms with van der Waals surface area (Å²) in [4.78, 5) is 11.0. The van der Waals surface area contributed by atoms with Crippen molar-refractivity contribution in [2.24, 2.45) is 5.41 Å². The SMILES string of the molecule is CC(C)(C)CCS(=O)(=O)Nc1cc(F)ccc1C(=O)O. The highest BCUT2D eigenvalue weighted by Crippen LogP contribution is 2.22. The van der Waals surface area contributed by atoms with Crippen LogP contribution in [0.4, 0.5) is 10.1 Å². The van der Waals surface area contributed by atoms with E-state index in [1.165, 1.54) is 0 Å². The van der Waals surface area contributed by atoms with Crippen LogP contribution in [0.15, 0.2) is 18.2 Å². The molecule has 1 rings (SSSR count). The molecule has 0 saturated carbocycles. The summed E-state index contributed by atoms with van der Waals surface area (Å²) >= 11 is 0. The van der Waals surface area contributed by atoms with Crippen molar-refractivity contribution in [3.05, 3.63) is 29.6 Å². The van der Waals surface area contributed by atoms with E-state index in [1.54, 1.807) is 0 Å². The molecular formula is C13H18FNO4S. The summed E-state index contributed by atoms with van der Waals surface area (Å²) in [6, 6.07) is 2.85. The average Bonchev–Trinajstić information content (AvgIpc) is 2.24. The molecule has 0 aliphatic carbocycles. The van der Waals surface area contributed by atoms with Gasteiger partial charge in [-0.2, -0.15) is 0 Å². The van der Waals surface area contributed by atoms with E-state index in [-0.39, 0.29) is 22.4 Å². The molecule has 0 amide bonds. The molecule has 0 spiro atoms. The van der Waals surface area contributed by atoms with Crippen molar-refractivity contribution < 1.29 is 22.7 Å². The fourth-order valence-electron chi connectivity index (χ4n) is 1.45. The van der Waals surface area contributed by atoms with E-state index < -0.39 is 21.8 Å². The second kappa shape index (κ2) is 5.78. The van der Waals surface area contributed by atoms with E-state index in [1.807, 2.05) is 20.8 Å². The Balaban J connectivity index is 2.97. The monoisotopic (exact) mass is 303 g/mol. The Labute approximate surface area is 117 Å². The van der Waals surface area contributed by atoms with Crippen LogP contribution in [-0.4, -0.2) is 25.2 Å². The van der Waals surface area contributed by atoms with Gasteiger partial charge in [0.25, 0.3) is 0 Å². The molecule has 0 heterocycles. The third-order valence-corrected chi connectivity index (χ3v) is 3.87. The van der Waals surface area contributed by atoms with Gasteiger partial charge in [0.15, 0.2) is 0 Å². The Morgan fingerprint density at radius 2 is 1.95 bits per heavy atom. The molecule has 0 fully saturated rings. The molecule has 1 aromatic carbocycles. The van der Waals surface area contributed by atoms with Gasteiger partial charge in [0.1, 0.15) is 5.82 Å². The number of sulfonamides is 1. The van der Waals surface area contributed by atoms with Crippen molar-refractivity contribution in [3.8, 4) is 0 Å². The summed E-state index contributed by atoms with van der Waals surface area (Å²) < 4.78 is 39.1. The van der Waals surface area contributed by atoms with E-state index in [0.29, 0.717) is 6.42 Å². The van der Waals surface area contributed by atoms with Crippen molar-refractivity contribution >= 4 is 21.7 Å². The number of rotatable bonds is 5. The van der Waals surface area contributed by atoms with E-state index in [4.69, 9.17) is 5.11 Å². The third kappa shape index (κ3) is 5.16. The van der Waals surface area contributed by atoms with Crippen LogP contribution in [0.3, 0.4) is 0 Å². The number of nitrogens with one attached hydrogen (secondary N) is 1. The van der Waals surface area contributed by atoms with Crippen LogP contribution >= 0.6 is 0 Å². The summed E-state index contributed by atoms with van der Waals surface area (Å²) in [5.74, 6) is -2.19. The topological polar surface area (TPSA) is 83.5 Å². The lowest BCUT2D eigenvalue weighted by molar-refractivity contribution is 0.0698. The predicted molar refractivity (Wildman–Crippen MR) is 74.8 cm³/mol. The van der Waals surface area contributed by atoms with E-state index in [9.17, 15) is 17.6 Å². The third-order valence-electron chi connectivity index (χ3n) is 2.60. The van der Waals surface area contributed by atoms with Crippen LogP contribution in [0, 0.1) is 11.2 Å². The number of hydrogen-bond acceptors (Lipinski definition) is 3. The normalized spacial score (nSPS) is 12.2. The largest absolute Gasteiger partial charge is 0.478 e. The zero-order chi connectivity index (χ0) is 15.6. The molecule has 112 valence electrons. The number of carbonyl (C=O) groups is 1. The molecule has 0 saturated heterocycles. The summed E-state index contributed by atoms with van der Waals surface area (Å²) in [6.45, 7) is 5.69. The van der Waals surface area contributed by atoms with Crippen LogP contribution < -0.4 is 4.72 Å². The van der Waals surface area contributed by atoms with Gasteiger partial charge in [0.2, 0.25) is 10.0 Å².